The number of thiophene rings is 1. The number of amides is 2. The zero-order valence-corrected chi connectivity index (χ0v) is 14.6. The van der Waals surface area contributed by atoms with Gasteiger partial charge in [-0.2, -0.15) is 0 Å². The number of carbonyl (C=O) groups excluding carboxylic acids is 3. The van der Waals surface area contributed by atoms with Gasteiger partial charge in [0.2, 0.25) is 5.91 Å². The van der Waals surface area contributed by atoms with Crippen LogP contribution in [0, 0.1) is 0 Å². The highest BCUT2D eigenvalue weighted by Gasteiger charge is 2.22. The summed E-state index contributed by atoms with van der Waals surface area (Å²) in [5.41, 5.74) is 0.801. The summed E-state index contributed by atoms with van der Waals surface area (Å²) < 4.78 is 0. The van der Waals surface area contributed by atoms with Gasteiger partial charge in [-0.1, -0.05) is 17.4 Å². The third-order valence-electron chi connectivity index (χ3n) is 3.63. The number of aromatic nitrogens is 1. The molecule has 2 aromatic rings. The molecule has 0 aliphatic heterocycles. The highest BCUT2D eigenvalue weighted by atomic mass is 32.1. The summed E-state index contributed by atoms with van der Waals surface area (Å²) in [7, 11) is 0. The van der Waals surface area contributed by atoms with Crippen molar-refractivity contribution >= 4 is 45.4 Å². The smallest absolute Gasteiger partial charge is 0.261 e. The predicted octanol–water partition coefficient (Wildman–Crippen LogP) is 2.87. The fraction of sp³-hybridized carbons (Fsp3) is 0.375. The molecule has 0 fully saturated rings. The molecule has 0 unspecified atom stereocenters. The molecule has 0 saturated heterocycles. The minimum Gasteiger partial charge on any atom is -0.351 e. The molecule has 8 heteroatoms. The normalized spacial score (nSPS) is 13.4. The summed E-state index contributed by atoms with van der Waals surface area (Å²) in [4.78, 5) is 41.1. The number of ketones is 1. The van der Waals surface area contributed by atoms with Gasteiger partial charge in [0.15, 0.2) is 10.9 Å². The molecule has 0 aromatic carbocycles. The average molecular weight is 363 g/mol. The summed E-state index contributed by atoms with van der Waals surface area (Å²) in [5.74, 6) is -0.152. The molecule has 0 saturated carbocycles. The Morgan fingerprint density at radius 3 is 2.92 bits per heavy atom. The van der Waals surface area contributed by atoms with Crippen molar-refractivity contribution in [2.24, 2.45) is 0 Å². The lowest BCUT2D eigenvalue weighted by Gasteiger charge is -2.05. The fourth-order valence-corrected chi connectivity index (χ4v) is 4.09. The van der Waals surface area contributed by atoms with Crippen molar-refractivity contribution in [1.82, 2.24) is 10.3 Å². The number of fused-ring (bicyclic) bond motifs is 1. The van der Waals surface area contributed by atoms with Crippen LogP contribution >= 0.6 is 22.7 Å². The molecule has 2 amide bonds. The van der Waals surface area contributed by atoms with E-state index in [0.29, 0.717) is 40.7 Å². The van der Waals surface area contributed by atoms with E-state index in [0.717, 1.165) is 18.5 Å². The number of rotatable bonds is 6. The van der Waals surface area contributed by atoms with Gasteiger partial charge >= 0.3 is 0 Å². The van der Waals surface area contributed by atoms with Crippen molar-refractivity contribution < 1.29 is 14.4 Å². The van der Waals surface area contributed by atoms with Gasteiger partial charge in [0.05, 0.1) is 15.4 Å². The first-order valence-electron chi connectivity index (χ1n) is 7.78. The summed E-state index contributed by atoms with van der Waals surface area (Å²) >= 11 is 2.64. The number of anilines is 1. The molecule has 6 nitrogen and oxygen atoms in total. The predicted molar refractivity (Wildman–Crippen MR) is 93.9 cm³/mol. The standard InChI is InChI=1S/C16H17N3O3S2/c20-11-5-1-4-10-14(11)24-16(18-10)19-13(21)7-2-8-17-15(22)12-6-3-9-23-12/h3,6,9H,1-2,4-5,7-8H2,(H,17,22)(H,18,19,21). The van der Waals surface area contributed by atoms with Crippen LogP contribution in [0.15, 0.2) is 17.5 Å². The van der Waals surface area contributed by atoms with Crippen LogP contribution in [-0.4, -0.2) is 29.1 Å². The Kier molecular flexibility index (Phi) is 5.37. The van der Waals surface area contributed by atoms with E-state index in [-0.39, 0.29) is 17.6 Å². The lowest BCUT2D eigenvalue weighted by atomic mass is 10.0. The van der Waals surface area contributed by atoms with Gasteiger partial charge in [0.1, 0.15) is 0 Å². The van der Waals surface area contributed by atoms with E-state index in [1.54, 1.807) is 6.07 Å². The first-order chi connectivity index (χ1) is 11.6. The summed E-state index contributed by atoms with van der Waals surface area (Å²) in [5, 5.41) is 7.86. The number of hydrogen-bond acceptors (Lipinski definition) is 6. The molecule has 0 spiro atoms. The molecule has 0 atom stereocenters. The van der Waals surface area contributed by atoms with Crippen LogP contribution in [0.25, 0.3) is 0 Å². The van der Waals surface area contributed by atoms with Crippen LogP contribution in [0.2, 0.25) is 0 Å². The second-order valence-corrected chi connectivity index (χ2v) is 7.40. The highest BCUT2D eigenvalue weighted by Crippen LogP contribution is 2.29. The highest BCUT2D eigenvalue weighted by molar-refractivity contribution is 7.17. The molecule has 2 aromatic heterocycles. The zero-order chi connectivity index (χ0) is 16.9. The Morgan fingerprint density at radius 1 is 1.29 bits per heavy atom. The van der Waals surface area contributed by atoms with Gasteiger partial charge in [-0.05, 0) is 30.7 Å². The number of aryl methyl sites for hydroxylation is 1. The third kappa shape index (κ3) is 4.07. The monoisotopic (exact) mass is 363 g/mol. The van der Waals surface area contributed by atoms with E-state index in [2.05, 4.69) is 15.6 Å². The number of Topliss-reactive ketones (excluding diaryl/α,β-unsaturated/α-hetero) is 1. The SMILES string of the molecule is O=C(CCCNC(=O)c1cccs1)Nc1nc2c(s1)C(=O)CCC2. The van der Waals surface area contributed by atoms with Crippen molar-refractivity contribution in [3.63, 3.8) is 0 Å². The quantitative estimate of drug-likeness (QED) is 0.773. The van der Waals surface area contributed by atoms with Gasteiger partial charge in [0, 0.05) is 19.4 Å². The maximum Gasteiger partial charge on any atom is 0.261 e. The van der Waals surface area contributed by atoms with Crippen molar-refractivity contribution in [3.8, 4) is 0 Å². The minimum atomic E-state index is -0.154. The van der Waals surface area contributed by atoms with Gasteiger partial charge in [-0.15, -0.1) is 11.3 Å². The molecule has 0 radical (unpaired) electrons. The topological polar surface area (TPSA) is 88.2 Å². The zero-order valence-electron chi connectivity index (χ0n) is 13.0. The molecular weight excluding hydrogens is 346 g/mol. The third-order valence-corrected chi connectivity index (χ3v) is 5.55. The first-order valence-corrected chi connectivity index (χ1v) is 9.47. The van der Waals surface area contributed by atoms with Crippen LogP contribution < -0.4 is 10.6 Å². The lowest BCUT2D eigenvalue weighted by molar-refractivity contribution is -0.116. The number of hydrogen-bond donors (Lipinski definition) is 2. The van der Waals surface area contributed by atoms with Gasteiger partial charge < -0.3 is 10.6 Å². The van der Waals surface area contributed by atoms with E-state index in [1.807, 2.05) is 11.4 Å². The van der Waals surface area contributed by atoms with Crippen molar-refractivity contribution in [2.45, 2.75) is 32.1 Å². The Labute approximate surface area is 147 Å². The van der Waals surface area contributed by atoms with E-state index in [4.69, 9.17) is 0 Å². The van der Waals surface area contributed by atoms with Gasteiger partial charge in [-0.25, -0.2) is 4.98 Å². The fourth-order valence-electron chi connectivity index (χ4n) is 2.45. The Morgan fingerprint density at radius 2 is 2.17 bits per heavy atom. The number of thiazole rings is 1. The molecule has 2 heterocycles. The summed E-state index contributed by atoms with van der Waals surface area (Å²) in [6, 6.07) is 3.59. The molecule has 126 valence electrons. The van der Waals surface area contributed by atoms with Crippen molar-refractivity contribution in [1.29, 1.82) is 0 Å². The van der Waals surface area contributed by atoms with Crippen LogP contribution in [0.5, 0.6) is 0 Å². The molecule has 2 N–H and O–H groups in total. The van der Waals surface area contributed by atoms with Crippen LogP contribution in [0.4, 0.5) is 5.13 Å². The second kappa shape index (κ2) is 7.67. The van der Waals surface area contributed by atoms with E-state index in [9.17, 15) is 14.4 Å². The molecule has 3 rings (SSSR count). The van der Waals surface area contributed by atoms with Crippen LogP contribution in [0.3, 0.4) is 0 Å². The second-order valence-electron chi connectivity index (χ2n) is 5.46. The van der Waals surface area contributed by atoms with E-state index < -0.39 is 0 Å². The molecule has 1 aliphatic rings. The first kappa shape index (κ1) is 16.8. The maximum absolute atomic E-state index is 11.9. The molecule has 1 aliphatic carbocycles. The minimum absolute atomic E-state index is 0.114. The Bertz CT molecular complexity index is 753. The number of nitrogens with zero attached hydrogens (tertiary/aromatic N) is 1. The average Bonchev–Trinajstić information content (AvgIpc) is 3.21. The van der Waals surface area contributed by atoms with E-state index in [1.165, 1.54) is 22.7 Å². The summed E-state index contributed by atoms with van der Waals surface area (Å²) in [6.07, 6.45) is 3.03. The Hall–Kier alpha value is -2.06. The maximum atomic E-state index is 11.9. The lowest BCUT2D eigenvalue weighted by Crippen LogP contribution is -2.24. The molecule has 24 heavy (non-hydrogen) atoms. The van der Waals surface area contributed by atoms with Crippen LogP contribution in [-0.2, 0) is 11.2 Å². The van der Waals surface area contributed by atoms with Crippen molar-refractivity contribution in [2.75, 3.05) is 11.9 Å². The van der Waals surface area contributed by atoms with Crippen molar-refractivity contribution in [3.05, 3.63) is 33.0 Å². The van der Waals surface area contributed by atoms with Gasteiger partial charge in [-0.3, -0.25) is 14.4 Å². The number of nitrogens with one attached hydrogen (secondary N) is 2. The molecular formula is C16H17N3O3S2. The van der Waals surface area contributed by atoms with Crippen LogP contribution in [0.1, 0.15) is 50.7 Å². The number of carbonyl (C=O) groups is 3. The molecule has 0 bridgehead atoms. The van der Waals surface area contributed by atoms with Gasteiger partial charge in [0.25, 0.3) is 5.91 Å². The summed E-state index contributed by atoms with van der Waals surface area (Å²) in [6.45, 7) is 0.441. The van der Waals surface area contributed by atoms with E-state index >= 15 is 0 Å². The largest absolute Gasteiger partial charge is 0.351 e. The Balaban J connectivity index is 1.41.